The number of nitrogens with zero attached hydrogens (tertiary/aromatic N) is 3. The number of rotatable bonds is 3. The van der Waals surface area contributed by atoms with Crippen molar-refractivity contribution in [1.29, 1.82) is 0 Å². The molecule has 3 atom stereocenters. The zero-order chi connectivity index (χ0) is 13.4. The number of carbonyl (C=O) groups is 1. The van der Waals surface area contributed by atoms with E-state index in [1.54, 1.807) is 0 Å². The van der Waals surface area contributed by atoms with Crippen LogP contribution in [0.4, 0.5) is 0 Å². The lowest BCUT2D eigenvalue weighted by atomic mass is 10.00. The van der Waals surface area contributed by atoms with E-state index in [9.17, 15) is 4.79 Å². The van der Waals surface area contributed by atoms with E-state index in [0.717, 1.165) is 26.1 Å². The summed E-state index contributed by atoms with van der Waals surface area (Å²) in [5, 5.41) is 3.14. The minimum atomic E-state index is -0.275. The lowest BCUT2D eigenvalue weighted by molar-refractivity contribution is 0.0913. The van der Waals surface area contributed by atoms with Crippen LogP contribution in [0.1, 0.15) is 17.0 Å². The largest absolute Gasteiger partial charge is 0.492 e. The number of amides is 1. The molecule has 1 amide bonds. The number of hydrogen-bond acceptors (Lipinski definition) is 5. The minimum absolute atomic E-state index is 0.0866. The molecule has 1 N–H and O–H groups in total. The lowest BCUT2D eigenvalue weighted by Crippen LogP contribution is -2.43. The second-order valence-corrected chi connectivity index (χ2v) is 5.30. The third-order valence-corrected chi connectivity index (χ3v) is 4.05. The van der Waals surface area contributed by atoms with Crippen LogP contribution in [0.3, 0.4) is 0 Å². The molecule has 1 aromatic heterocycles. The monoisotopic (exact) mass is 282 g/mol. The predicted molar refractivity (Wildman–Crippen MR) is 69.4 cm³/mol. The topological polar surface area (TPSA) is 67.3 Å². The van der Waals surface area contributed by atoms with Crippen molar-refractivity contribution in [3.8, 4) is 5.75 Å². The molecular formula is C12H15ClN4O2. The SMILES string of the molecule is COc1cnc(C(=O)NC2CN3CC[C@H]2C3)nc1Cl. The summed E-state index contributed by atoms with van der Waals surface area (Å²) in [4.78, 5) is 22.4. The summed E-state index contributed by atoms with van der Waals surface area (Å²) in [7, 11) is 1.48. The summed E-state index contributed by atoms with van der Waals surface area (Å²) >= 11 is 5.89. The fraction of sp³-hybridized carbons (Fsp3) is 0.583. The Kier molecular flexibility index (Phi) is 3.28. The number of methoxy groups -OCH3 is 1. The molecule has 7 heteroatoms. The van der Waals surface area contributed by atoms with Crippen LogP contribution >= 0.6 is 11.6 Å². The van der Waals surface area contributed by atoms with Gasteiger partial charge in [-0.1, -0.05) is 11.6 Å². The first-order valence-corrected chi connectivity index (χ1v) is 6.65. The Balaban J connectivity index is 1.69. The predicted octanol–water partition coefficient (Wildman–Crippen LogP) is 0.573. The van der Waals surface area contributed by atoms with E-state index in [0.29, 0.717) is 11.7 Å². The highest BCUT2D eigenvalue weighted by molar-refractivity contribution is 6.30. The number of halogens is 1. The maximum Gasteiger partial charge on any atom is 0.289 e. The Morgan fingerprint density at radius 1 is 1.58 bits per heavy atom. The molecule has 2 fully saturated rings. The van der Waals surface area contributed by atoms with Gasteiger partial charge in [-0.3, -0.25) is 4.79 Å². The van der Waals surface area contributed by atoms with E-state index < -0.39 is 0 Å². The average Bonchev–Trinajstić information content (AvgIpc) is 3.00. The molecule has 2 aliphatic rings. The summed E-state index contributed by atoms with van der Waals surface area (Å²) in [5.74, 6) is 0.730. The lowest BCUT2D eigenvalue weighted by Gasteiger charge is -2.22. The van der Waals surface area contributed by atoms with Crippen LogP contribution in [0.2, 0.25) is 5.15 Å². The standard InChI is InChI=1S/C12H15ClN4O2/c1-19-9-4-14-11(16-10(9)13)12(18)15-8-6-17-3-2-7(8)5-17/h4,7-8H,2-3,5-6H2,1H3,(H,15,18)/t7-,8?/m0/s1. The maximum absolute atomic E-state index is 12.1. The number of hydrogen-bond donors (Lipinski definition) is 1. The van der Waals surface area contributed by atoms with Crippen LogP contribution in [0.15, 0.2) is 6.20 Å². The van der Waals surface area contributed by atoms with Gasteiger partial charge in [0.2, 0.25) is 5.82 Å². The van der Waals surface area contributed by atoms with Crippen molar-refractivity contribution in [2.75, 3.05) is 26.7 Å². The number of nitrogens with one attached hydrogen (secondary N) is 1. The van der Waals surface area contributed by atoms with E-state index in [1.807, 2.05) is 0 Å². The fourth-order valence-corrected chi connectivity index (χ4v) is 2.98. The number of fused-ring (bicyclic) bond motifs is 2. The van der Waals surface area contributed by atoms with Crippen LogP contribution in [0.5, 0.6) is 5.75 Å². The van der Waals surface area contributed by atoms with E-state index in [1.165, 1.54) is 13.3 Å². The highest BCUT2D eigenvalue weighted by Crippen LogP contribution is 2.28. The van der Waals surface area contributed by atoms with Crippen molar-refractivity contribution in [2.24, 2.45) is 5.92 Å². The minimum Gasteiger partial charge on any atom is -0.492 e. The summed E-state index contributed by atoms with van der Waals surface area (Å²) in [6, 6.07) is 0.200. The number of ether oxygens (including phenoxy) is 1. The van der Waals surface area contributed by atoms with E-state index in [4.69, 9.17) is 16.3 Å². The van der Waals surface area contributed by atoms with Crippen LogP contribution in [-0.2, 0) is 0 Å². The smallest absolute Gasteiger partial charge is 0.289 e. The molecular weight excluding hydrogens is 268 g/mol. The Morgan fingerprint density at radius 2 is 2.42 bits per heavy atom. The molecule has 2 aliphatic heterocycles. The normalized spacial score (nSPS) is 28.4. The second-order valence-electron chi connectivity index (χ2n) is 4.94. The van der Waals surface area contributed by atoms with Crippen LogP contribution < -0.4 is 10.1 Å². The first kappa shape index (κ1) is 12.6. The molecule has 2 bridgehead atoms. The maximum atomic E-state index is 12.1. The van der Waals surface area contributed by atoms with Gasteiger partial charge in [0.15, 0.2) is 10.9 Å². The second kappa shape index (κ2) is 4.94. The Morgan fingerprint density at radius 3 is 3.00 bits per heavy atom. The van der Waals surface area contributed by atoms with Crippen molar-refractivity contribution >= 4 is 17.5 Å². The Hall–Kier alpha value is -1.40. The summed E-state index contributed by atoms with van der Waals surface area (Å²) < 4.78 is 4.96. The first-order chi connectivity index (χ1) is 9.17. The number of carbonyl (C=O) groups excluding carboxylic acids is 1. The van der Waals surface area contributed by atoms with Gasteiger partial charge in [-0.25, -0.2) is 9.97 Å². The summed E-state index contributed by atoms with van der Waals surface area (Å²) in [5.41, 5.74) is 0. The molecule has 0 radical (unpaired) electrons. The molecule has 0 aromatic carbocycles. The highest BCUT2D eigenvalue weighted by atomic mass is 35.5. The zero-order valence-electron chi connectivity index (χ0n) is 10.6. The molecule has 0 aliphatic carbocycles. The molecule has 3 heterocycles. The fourth-order valence-electron chi connectivity index (χ4n) is 2.78. The summed E-state index contributed by atoms with van der Waals surface area (Å²) in [6.07, 6.45) is 2.56. The van der Waals surface area contributed by atoms with E-state index >= 15 is 0 Å². The van der Waals surface area contributed by atoms with Gasteiger partial charge >= 0.3 is 0 Å². The third kappa shape index (κ3) is 2.37. The van der Waals surface area contributed by atoms with Crippen molar-refractivity contribution in [3.63, 3.8) is 0 Å². The average molecular weight is 283 g/mol. The Labute approximate surface area is 116 Å². The quantitative estimate of drug-likeness (QED) is 0.821. The van der Waals surface area contributed by atoms with E-state index in [2.05, 4.69) is 20.2 Å². The molecule has 2 unspecified atom stereocenters. The van der Waals surface area contributed by atoms with Gasteiger partial charge in [0.05, 0.1) is 13.3 Å². The molecule has 0 spiro atoms. The van der Waals surface area contributed by atoms with Crippen LogP contribution in [0.25, 0.3) is 0 Å². The van der Waals surface area contributed by atoms with Gasteiger partial charge in [0.1, 0.15) is 0 Å². The molecule has 0 saturated carbocycles. The van der Waals surface area contributed by atoms with Gasteiger partial charge in [0.25, 0.3) is 5.91 Å². The molecule has 6 nitrogen and oxygen atoms in total. The highest BCUT2D eigenvalue weighted by Gasteiger charge is 2.38. The van der Waals surface area contributed by atoms with Gasteiger partial charge in [-0.15, -0.1) is 0 Å². The van der Waals surface area contributed by atoms with Crippen molar-refractivity contribution in [1.82, 2.24) is 20.2 Å². The molecule has 2 saturated heterocycles. The van der Waals surface area contributed by atoms with Crippen molar-refractivity contribution < 1.29 is 9.53 Å². The van der Waals surface area contributed by atoms with Gasteiger partial charge in [-0.2, -0.15) is 0 Å². The molecule has 19 heavy (non-hydrogen) atoms. The molecule has 3 rings (SSSR count). The molecule has 102 valence electrons. The van der Waals surface area contributed by atoms with Crippen LogP contribution in [0, 0.1) is 5.92 Å². The zero-order valence-corrected chi connectivity index (χ0v) is 11.4. The van der Waals surface area contributed by atoms with E-state index in [-0.39, 0.29) is 22.9 Å². The van der Waals surface area contributed by atoms with Gasteiger partial charge in [-0.05, 0) is 18.9 Å². The Bertz CT molecular complexity index is 511. The first-order valence-electron chi connectivity index (χ1n) is 6.27. The van der Waals surface area contributed by atoms with Crippen molar-refractivity contribution in [2.45, 2.75) is 12.5 Å². The number of aromatic nitrogens is 2. The molecule has 1 aromatic rings. The third-order valence-electron chi connectivity index (χ3n) is 3.78. The van der Waals surface area contributed by atoms with Crippen LogP contribution in [-0.4, -0.2) is 53.6 Å². The number of piperidine rings is 1. The van der Waals surface area contributed by atoms with Gasteiger partial charge < -0.3 is 15.0 Å². The van der Waals surface area contributed by atoms with Crippen molar-refractivity contribution in [3.05, 3.63) is 17.2 Å². The summed E-state index contributed by atoms with van der Waals surface area (Å²) in [6.45, 7) is 3.14. The van der Waals surface area contributed by atoms with Gasteiger partial charge in [0, 0.05) is 19.1 Å².